The molecule has 4 rings (SSSR count). The van der Waals surface area contributed by atoms with Crippen molar-refractivity contribution < 1.29 is 9.13 Å². The van der Waals surface area contributed by atoms with Crippen molar-refractivity contribution in [1.82, 2.24) is 20.5 Å². The highest BCUT2D eigenvalue weighted by Crippen LogP contribution is 2.34. The van der Waals surface area contributed by atoms with Gasteiger partial charge >= 0.3 is 0 Å². The van der Waals surface area contributed by atoms with E-state index in [1.807, 2.05) is 16.7 Å². The number of pyridine rings is 1. The molecule has 0 aromatic carbocycles. The number of anilines is 1. The van der Waals surface area contributed by atoms with E-state index in [1.54, 1.807) is 12.3 Å². The molecule has 0 aliphatic carbocycles. The van der Waals surface area contributed by atoms with Gasteiger partial charge in [-0.2, -0.15) is 11.8 Å². The Hall–Kier alpha value is -1.58. The van der Waals surface area contributed by atoms with Gasteiger partial charge in [-0.15, -0.1) is 0 Å². The number of ether oxygens (including phenoxy) is 1. The maximum absolute atomic E-state index is 14.1. The van der Waals surface area contributed by atoms with Crippen LogP contribution in [0.2, 0.25) is 0 Å². The molecular weight excluding hydrogens is 403 g/mol. The van der Waals surface area contributed by atoms with Gasteiger partial charge in [-0.05, 0) is 37.7 Å². The number of thioether (sulfide) groups is 1. The summed E-state index contributed by atoms with van der Waals surface area (Å²) >= 11 is 2.03. The zero-order chi connectivity index (χ0) is 20.8. The maximum atomic E-state index is 14.1. The number of guanidine groups is 1. The molecule has 0 radical (unpaired) electrons. The Bertz CT molecular complexity index is 723. The summed E-state index contributed by atoms with van der Waals surface area (Å²) in [5.74, 6) is 3.37. The van der Waals surface area contributed by atoms with Crippen LogP contribution < -0.4 is 15.5 Å². The van der Waals surface area contributed by atoms with Crippen LogP contribution in [0.1, 0.15) is 19.8 Å². The van der Waals surface area contributed by atoms with Crippen LogP contribution in [0.15, 0.2) is 23.3 Å². The second kappa shape index (κ2) is 10.2. The smallest absolute Gasteiger partial charge is 0.191 e. The first-order valence-electron chi connectivity index (χ1n) is 11.0. The molecule has 9 heteroatoms. The summed E-state index contributed by atoms with van der Waals surface area (Å²) in [6.45, 7) is 8.83. The van der Waals surface area contributed by atoms with Crippen molar-refractivity contribution in [3.05, 3.63) is 24.1 Å². The third-order valence-electron chi connectivity index (χ3n) is 6.21. The van der Waals surface area contributed by atoms with Crippen molar-refractivity contribution in [2.24, 2.45) is 4.99 Å². The normalized spacial score (nSPS) is 28.1. The third-order valence-corrected chi connectivity index (χ3v) is 7.44. The summed E-state index contributed by atoms with van der Waals surface area (Å²) in [4.78, 5) is 13.8. The number of aromatic nitrogens is 1. The van der Waals surface area contributed by atoms with E-state index in [-0.39, 0.29) is 17.4 Å². The number of morpholine rings is 1. The van der Waals surface area contributed by atoms with E-state index in [4.69, 9.17) is 9.73 Å². The van der Waals surface area contributed by atoms with Gasteiger partial charge in [0.2, 0.25) is 0 Å². The quantitative estimate of drug-likeness (QED) is 0.518. The van der Waals surface area contributed by atoms with Crippen molar-refractivity contribution in [3.8, 4) is 0 Å². The zero-order valence-corrected chi connectivity index (χ0v) is 18.6. The van der Waals surface area contributed by atoms with Gasteiger partial charge in [0, 0.05) is 50.7 Å². The lowest BCUT2D eigenvalue weighted by atomic mass is 9.96. The number of aliphatic imine (C=N–C) groups is 1. The maximum Gasteiger partial charge on any atom is 0.191 e. The molecule has 3 fully saturated rings. The first kappa shape index (κ1) is 21.6. The van der Waals surface area contributed by atoms with Crippen LogP contribution in [0.4, 0.5) is 10.2 Å². The van der Waals surface area contributed by atoms with Gasteiger partial charge in [-0.3, -0.25) is 9.89 Å². The average Bonchev–Trinajstić information content (AvgIpc) is 3.44. The van der Waals surface area contributed by atoms with Crippen LogP contribution in [0.25, 0.3) is 0 Å². The van der Waals surface area contributed by atoms with E-state index < -0.39 is 0 Å². The summed E-state index contributed by atoms with van der Waals surface area (Å²) < 4.78 is 19.7. The van der Waals surface area contributed by atoms with Gasteiger partial charge in [0.05, 0.1) is 25.3 Å². The molecule has 30 heavy (non-hydrogen) atoms. The Morgan fingerprint density at radius 1 is 1.40 bits per heavy atom. The van der Waals surface area contributed by atoms with Gasteiger partial charge in [-0.25, -0.2) is 9.37 Å². The van der Waals surface area contributed by atoms with E-state index in [1.165, 1.54) is 18.2 Å². The van der Waals surface area contributed by atoms with Gasteiger partial charge in [0.15, 0.2) is 17.6 Å². The Labute approximate surface area is 182 Å². The number of nitrogens with zero attached hydrogens (tertiary/aromatic N) is 4. The lowest BCUT2D eigenvalue weighted by molar-refractivity contribution is -0.0104. The summed E-state index contributed by atoms with van der Waals surface area (Å²) in [5, 5.41) is 6.98. The molecule has 1 aromatic heterocycles. The van der Waals surface area contributed by atoms with Gasteiger partial charge in [0.1, 0.15) is 0 Å². The number of hydrogen-bond donors (Lipinski definition) is 2. The van der Waals surface area contributed by atoms with Crippen molar-refractivity contribution in [1.29, 1.82) is 0 Å². The molecule has 0 bridgehead atoms. The standard InChI is InChI=1S/C21H33FN6OS/c1-2-23-20(25-15-21(6-13-30-16-21)28-9-11-29-12-10-28)26-17-5-8-27(14-17)19-18(22)4-3-7-24-19/h3-4,7,17H,2,5-6,8-16H2,1H3,(H2,23,25,26). The van der Waals surface area contributed by atoms with E-state index >= 15 is 0 Å². The van der Waals surface area contributed by atoms with Gasteiger partial charge < -0.3 is 20.3 Å². The number of nitrogens with one attached hydrogen (secondary N) is 2. The Kier molecular flexibility index (Phi) is 7.32. The topological polar surface area (TPSA) is 65.0 Å². The molecule has 2 unspecified atom stereocenters. The van der Waals surface area contributed by atoms with Crippen LogP contribution in [-0.2, 0) is 4.74 Å². The molecule has 3 saturated heterocycles. The number of halogens is 1. The molecule has 166 valence electrons. The van der Waals surface area contributed by atoms with Crippen LogP contribution in [0.3, 0.4) is 0 Å². The van der Waals surface area contributed by atoms with E-state index in [0.717, 1.165) is 70.6 Å². The van der Waals surface area contributed by atoms with Crippen LogP contribution >= 0.6 is 11.8 Å². The minimum atomic E-state index is -0.259. The molecule has 3 aliphatic rings. The molecule has 0 spiro atoms. The monoisotopic (exact) mass is 436 g/mol. The molecule has 2 N–H and O–H groups in total. The van der Waals surface area contributed by atoms with E-state index in [9.17, 15) is 4.39 Å². The highest BCUT2D eigenvalue weighted by molar-refractivity contribution is 7.99. The molecule has 7 nitrogen and oxygen atoms in total. The molecule has 0 amide bonds. The molecule has 1 aromatic rings. The van der Waals surface area contributed by atoms with Crippen molar-refractivity contribution in [2.75, 3.05) is 68.9 Å². The Morgan fingerprint density at radius 3 is 3.00 bits per heavy atom. The minimum Gasteiger partial charge on any atom is -0.379 e. The first-order chi connectivity index (χ1) is 14.7. The summed E-state index contributed by atoms with van der Waals surface area (Å²) in [7, 11) is 0. The summed E-state index contributed by atoms with van der Waals surface area (Å²) in [6, 6.07) is 3.33. The highest BCUT2D eigenvalue weighted by Gasteiger charge is 2.40. The lowest BCUT2D eigenvalue weighted by Gasteiger charge is -2.42. The Balaban J connectivity index is 1.39. The highest BCUT2D eigenvalue weighted by atomic mass is 32.2. The van der Waals surface area contributed by atoms with Crippen molar-refractivity contribution in [3.63, 3.8) is 0 Å². The van der Waals surface area contributed by atoms with Gasteiger partial charge in [0.25, 0.3) is 0 Å². The molecule has 4 heterocycles. The predicted molar refractivity (Wildman–Crippen MR) is 121 cm³/mol. The van der Waals surface area contributed by atoms with Crippen LogP contribution in [0, 0.1) is 5.82 Å². The minimum absolute atomic E-state index is 0.135. The van der Waals surface area contributed by atoms with Crippen LogP contribution in [-0.4, -0.2) is 91.4 Å². The van der Waals surface area contributed by atoms with Crippen LogP contribution in [0.5, 0.6) is 0 Å². The fourth-order valence-corrected chi connectivity index (χ4v) is 6.00. The molecular formula is C21H33FN6OS. The summed E-state index contributed by atoms with van der Waals surface area (Å²) in [5.41, 5.74) is 0.135. The molecule has 2 atom stereocenters. The molecule has 0 saturated carbocycles. The third kappa shape index (κ3) is 5.00. The SMILES string of the molecule is CCNC(=NCC1(N2CCOCC2)CCSC1)NC1CCN(c2ncccc2F)C1. The average molecular weight is 437 g/mol. The van der Waals surface area contributed by atoms with Crippen molar-refractivity contribution in [2.45, 2.75) is 31.3 Å². The van der Waals surface area contributed by atoms with E-state index in [0.29, 0.717) is 5.82 Å². The van der Waals surface area contributed by atoms with E-state index in [2.05, 4.69) is 27.4 Å². The fourth-order valence-electron chi connectivity index (χ4n) is 4.53. The second-order valence-electron chi connectivity index (χ2n) is 8.21. The lowest BCUT2D eigenvalue weighted by Crippen LogP contribution is -2.56. The fraction of sp³-hybridized carbons (Fsp3) is 0.714. The molecule has 3 aliphatic heterocycles. The zero-order valence-electron chi connectivity index (χ0n) is 17.8. The Morgan fingerprint density at radius 2 is 2.27 bits per heavy atom. The number of rotatable bonds is 6. The van der Waals surface area contributed by atoms with Crippen molar-refractivity contribution >= 4 is 23.5 Å². The first-order valence-corrected chi connectivity index (χ1v) is 12.2. The van der Waals surface area contributed by atoms with Gasteiger partial charge in [-0.1, -0.05) is 0 Å². The summed E-state index contributed by atoms with van der Waals surface area (Å²) in [6.07, 6.45) is 3.76. The predicted octanol–water partition coefficient (Wildman–Crippen LogP) is 1.56. The number of hydrogen-bond acceptors (Lipinski definition) is 6. The second-order valence-corrected chi connectivity index (χ2v) is 9.31. The largest absolute Gasteiger partial charge is 0.379 e.